The molecule has 0 amide bonds. The molecule has 0 heterocycles. The van der Waals surface area contributed by atoms with E-state index < -0.39 is 0 Å². The van der Waals surface area contributed by atoms with Crippen LogP contribution in [0.4, 0.5) is 11.4 Å². The molecule has 3 rings (SSSR count). The van der Waals surface area contributed by atoms with E-state index in [1.54, 1.807) is 0 Å². The summed E-state index contributed by atoms with van der Waals surface area (Å²) in [6, 6.07) is 9.03. The molecule has 1 unspecified atom stereocenters. The van der Waals surface area contributed by atoms with Crippen LogP contribution in [0.25, 0.3) is 0 Å². The zero-order chi connectivity index (χ0) is 19.0. The van der Waals surface area contributed by atoms with Crippen LogP contribution in [0.5, 0.6) is 0 Å². The molecular formula is C24H34N2. The normalized spacial score (nSPS) is 15.5. The Labute approximate surface area is 159 Å². The SMILES string of the molecule is Cc1cc(C2CC2)c(C(C)CCc2cc(C)c(C(C)C)cc2N)cc1N. The summed E-state index contributed by atoms with van der Waals surface area (Å²) in [4.78, 5) is 0. The number of benzene rings is 2. The van der Waals surface area contributed by atoms with Crippen molar-refractivity contribution in [3.63, 3.8) is 0 Å². The number of rotatable bonds is 6. The fourth-order valence-electron chi connectivity index (χ4n) is 4.11. The molecule has 0 saturated heterocycles. The molecule has 0 aliphatic heterocycles. The van der Waals surface area contributed by atoms with Crippen LogP contribution in [-0.4, -0.2) is 0 Å². The minimum Gasteiger partial charge on any atom is -0.399 e. The summed E-state index contributed by atoms with van der Waals surface area (Å²) in [6.07, 6.45) is 4.77. The van der Waals surface area contributed by atoms with Gasteiger partial charge in [-0.05, 0) is 103 Å². The molecule has 1 aliphatic rings. The molecule has 0 aromatic heterocycles. The predicted octanol–water partition coefficient (Wildman–Crippen LogP) is 6.20. The van der Waals surface area contributed by atoms with Gasteiger partial charge in [-0.15, -0.1) is 0 Å². The fraction of sp³-hybridized carbons (Fsp3) is 0.500. The van der Waals surface area contributed by atoms with Gasteiger partial charge in [0.2, 0.25) is 0 Å². The summed E-state index contributed by atoms with van der Waals surface area (Å²) < 4.78 is 0. The smallest absolute Gasteiger partial charge is 0.0349 e. The van der Waals surface area contributed by atoms with Crippen LogP contribution in [0.1, 0.15) is 91.2 Å². The second kappa shape index (κ2) is 7.34. The quantitative estimate of drug-likeness (QED) is 0.609. The minimum absolute atomic E-state index is 0.498. The van der Waals surface area contributed by atoms with E-state index in [2.05, 4.69) is 58.9 Å². The maximum absolute atomic E-state index is 6.37. The first-order chi connectivity index (χ1) is 12.3. The summed E-state index contributed by atoms with van der Waals surface area (Å²) in [7, 11) is 0. The maximum atomic E-state index is 6.37. The molecule has 1 atom stereocenters. The van der Waals surface area contributed by atoms with Crippen molar-refractivity contribution in [3.05, 3.63) is 57.6 Å². The highest BCUT2D eigenvalue weighted by Crippen LogP contribution is 2.45. The van der Waals surface area contributed by atoms with E-state index in [1.807, 2.05) is 0 Å². The largest absolute Gasteiger partial charge is 0.399 e. The van der Waals surface area contributed by atoms with Crippen molar-refractivity contribution >= 4 is 11.4 Å². The molecule has 0 spiro atoms. The molecule has 26 heavy (non-hydrogen) atoms. The van der Waals surface area contributed by atoms with E-state index in [0.29, 0.717) is 11.8 Å². The summed E-state index contributed by atoms with van der Waals surface area (Å²) in [5, 5.41) is 0. The third-order valence-electron chi connectivity index (χ3n) is 6.02. The van der Waals surface area contributed by atoms with Crippen molar-refractivity contribution < 1.29 is 0 Å². The highest BCUT2D eigenvalue weighted by Gasteiger charge is 2.28. The molecule has 0 radical (unpaired) electrons. The van der Waals surface area contributed by atoms with Crippen LogP contribution in [0.2, 0.25) is 0 Å². The second-order valence-corrected chi connectivity index (χ2v) is 8.61. The molecule has 0 bridgehead atoms. The van der Waals surface area contributed by atoms with Gasteiger partial charge in [0, 0.05) is 11.4 Å². The average Bonchev–Trinajstić information content (AvgIpc) is 3.41. The van der Waals surface area contributed by atoms with Gasteiger partial charge in [0.05, 0.1) is 0 Å². The van der Waals surface area contributed by atoms with Gasteiger partial charge in [-0.3, -0.25) is 0 Å². The van der Waals surface area contributed by atoms with Gasteiger partial charge in [-0.25, -0.2) is 0 Å². The Kier molecular flexibility index (Phi) is 5.32. The van der Waals surface area contributed by atoms with Crippen molar-refractivity contribution in [3.8, 4) is 0 Å². The average molecular weight is 351 g/mol. The highest BCUT2D eigenvalue weighted by atomic mass is 14.6. The van der Waals surface area contributed by atoms with Crippen LogP contribution in [0, 0.1) is 13.8 Å². The van der Waals surface area contributed by atoms with E-state index >= 15 is 0 Å². The van der Waals surface area contributed by atoms with Gasteiger partial charge >= 0.3 is 0 Å². The minimum atomic E-state index is 0.498. The summed E-state index contributed by atoms with van der Waals surface area (Å²) in [5.41, 5.74) is 22.7. The summed E-state index contributed by atoms with van der Waals surface area (Å²) in [5.74, 6) is 1.77. The zero-order valence-corrected chi connectivity index (χ0v) is 17.0. The van der Waals surface area contributed by atoms with Gasteiger partial charge in [0.1, 0.15) is 0 Å². The Morgan fingerprint density at radius 2 is 1.54 bits per heavy atom. The van der Waals surface area contributed by atoms with Crippen LogP contribution in [-0.2, 0) is 6.42 Å². The van der Waals surface area contributed by atoms with E-state index in [9.17, 15) is 0 Å². The van der Waals surface area contributed by atoms with E-state index in [1.165, 1.54) is 46.2 Å². The van der Waals surface area contributed by atoms with Crippen molar-refractivity contribution in [2.24, 2.45) is 0 Å². The topological polar surface area (TPSA) is 52.0 Å². The van der Waals surface area contributed by atoms with E-state index in [-0.39, 0.29) is 0 Å². The molecule has 4 N–H and O–H groups in total. The molecule has 2 aromatic rings. The molecule has 2 nitrogen and oxygen atoms in total. The molecule has 1 saturated carbocycles. The lowest BCUT2D eigenvalue weighted by Crippen LogP contribution is -2.05. The van der Waals surface area contributed by atoms with Crippen LogP contribution in [0.15, 0.2) is 24.3 Å². The molecular weight excluding hydrogens is 316 g/mol. The lowest BCUT2D eigenvalue weighted by atomic mass is 9.86. The summed E-state index contributed by atoms with van der Waals surface area (Å²) in [6.45, 7) is 11.1. The maximum Gasteiger partial charge on any atom is 0.0349 e. The monoisotopic (exact) mass is 350 g/mol. The van der Waals surface area contributed by atoms with Crippen molar-refractivity contribution in [1.82, 2.24) is 0 Å². The van der Waals surface area contributed by atoms with Crippen LogP contribution >= 0.6 is 0 Å². The number of hydrogen-bond acceptors (Lipinski definition) is 2. The van der Waals surface area contributed by atoms with E-state index in [0.717, 1.165) is 30.1 Å². The first-order valence-corrected chi connectivity index (χ1v) is 10.1. The third kappa shape index (κ3) is 3.90. The van der Waals surface area contributed by atoms with Crippen LogP contribution < -0.4 is 11.5 Å². The third-order valence-corrected chi connectivity index (χ3v) is 6.02. The lowest BCUT2D eigenvalue weighted by Gasteiger charge is -2.20. The van der Waals surface area contributed by atoms with Gasteiger partial charge in [0.25, 0.3) is 0 Å². The molecule has 1 fully saturated rings. The van der Waals surface area contributed by atoms with Gasteiger partial charge < -0.3 is 11.5 Å². The van der Waals surface area contributed by atoms with Gasteiger partial charge in [-0.2, -0.15) is 0 Å². The number of anilines is 2. The second-order valence-electron chi connectivity index (χ2n) is 8.61. The number of hydrogen-bond donors (Lipinski definition) is 2. The van der Waals surface area contributed by atoms with Crippen molar-refractivity contribution in [2.45, 2.75) is 78.1 Å². The van der Waals surface area contributed by atoms with Crippen LogP contribution in [0.3, 0.4) is 0 Å². The Bertz CT molecular complexity index is 800. The molecule has 140 valence electrons. The standard InChI is InChI=1S/C24H34N2/c1-14(2)20-12-24(26)19(10-16(20)4)7-6-15(3)21-13-23(25)17(5)11-22(21)18-8-9-18/h10-15,18H,6-9,25-26H2,1-5H3. The molecule has 2 heteroatoms. The van der Waals surface area contributed by atoms with Crippen molar-refractivity contribution in [1.29, 1.82) is 0 Å². The predicted molar refractivity (Wildman–Crippen MR) is 114 cm³/mol. The summed E-state index contributed by atoms with van der Waals surface area (Å²) >= 11 is 0. The Morgan fingerprint density at radius 3 is 2.15 bits per heavy atom. The molecule has 2 aromatic carbocycles. The van der Waals surface area contributed by atoms with Gasteiger partial charge in [-0.1, -0.05) is 32.9 Å². The number of nitrogens with two attached hydrogens (primary N) is 2. The Balaban J connectivity index is 1.78. The van der Waals surface area contributed by atoms with E-state index in [4.69, 9.17) is 11.5 Å². The Hall–Kier alpha value is -1.96. The number of aryl methyl sites for hydroxylation is 3. The highest BCUT2D eigenvalue weighted by molar-refractivity contribution is 5.55. The fourth-order valence-corrected chi connectivity index (χ4v) is 4.11. The number of nitrogen functional groups attached to an aromatic ring is 2. The first-order valence-electron chi connectivity index (χ1n) is 10.1. The molecule has 1 aliphatic carbocycles. The first kappa shape index (κ1) is 18.8. The van der Waals surface area contributed by atoms with Gasteiger partial charge in [0.15, 0.2) is 0 Å². The lowest BCUT2D eigenvalue weighted by molar-refractivity contribution is 0.672. The Morgan fingerprint density at radius 1 is 0.885 bits per heavy atom. The van der Waals surface area contributed by atoms with Crippen molar-refractivity contribution in [2.75, 3.05) is 11.5 Å². The zero-order valence-electron chi connectivity index (χ0n) is 17.0.